The van der Waals surface area contributed by atoms with Crippen LogP contribution < -0.4 is 0 Å². The molecule has 1 aromatic heterocycles. The summed E-state index contributed by atoms with van der Waals surface area (Å²) in [6.45, 7) is 5.43. The standard InChI is InChI=1S/C10H14N2O2/c1-7-5-10(9(3)11(7)4)6-8(2)12(13)14/h5-6H,1-4H3/b8-6-. The maximum atomic E-state index is 10.4. The fourth-order valence-corrected chi connectivity index (χ4v) is 1.31. The van der Waals surface area contributed by atoms with Crippen LogP contribution in [0.25, 0.3) is 6.08 Å². The van der Waals surface area contributed by atoms with Crippen molar-refractivity contribution in [3.05, 3.63) is 38.8 Å². The van der Waals surface area contributed by atoms with E-state index in [1.165, 1.54) is 6.92 Å². The second-order valence-electron chi connectivity index (χ2n) is 3.43. The van der Waals surface area contributed by atoms with E-state index in [0.717, 1.165) is 17.0 Å². The first-order valence-electron chi connectivity index (χ1n) is 4.39. The topological polar surface area (TPSA) is 48.1 Å². The number of hydrogen-bond acceptors (Lipinski definition) is 2. The third-order valence-corrected chi connectivity index (χ3v) is 2.47. The van der Waals surface area contributed by atoms with Gasteiger partial charge in [0.15, 0.2) is 0 Å². The van der Waals surface area contributed by atoms with E-state index in [-0.39, 0.29) is 10.6 Å². The Hall–Kier alpha value is -1.58. The molecule has 0 spiro atoms. The smallest absolute Gasteiger partial charge is 0.243 e. The SMILES string of the molecule is C/C(=C/c1cc(C)n(C)c1C)[N+](=O)[O-]. The zero-order chi connectivity index (χ0) is 10.9. The average Bonchev–Trinajstić information content (AvgIpc) is 2.33. The van der Waals surface area contributed by atoms with E-state index >= 15 is 0 Å². The Morgan fingerprint density at radius 2 is 2.14 bits per heavy atom. The number of nitrogens with zero attached hydrogens (tertiary/aromatic N) is 2. The van der Waals surface area contributed by atoms with E-state index in [1.54, 1.807) is 6.08 Å². The molecule has 0 fully saturated rings. The molecular formula is C10H14N2O2. The lowest BCUT2D eigenvalue weighted by Crippen LogP contribution is -1.95. The molecule has 0 N–H and O–H groups in total. The highest BCUT2D eigenvalue weighted by Crippen LogP contribution is 2.16. The molecule has 0 unspecified atom stereocenters. The molecule has 1 aromatic rings. The van der Waals surface area contributed by atoms with Crippen molar-refractivity contribution in [2.24, 2.45) is 7.05 Å². The predicted octanol–water partition coefficient (Wildman–Crippen LogP) is 2.28. The molecule has 1 heterocycles. The van der Waals surface area contributed by atoms with Gasteiger partial charge in [0.2, 0.25) is 5.70 Å². The molecule has 0 aromatic carbocycles. The fourth-order valence-electron chi connectivity index (χ4n) is 1.31. The van der Waals surface area contributed by atoms with Crippen molar-refractivity contribution in [3.8, 4) is 0 Å². The molecule has 0 atom stereocenters. The molecular weight excluding hydrogens is 180 g/mol. The summed E-state index contributed by atoms with van der Waals surface area (Å²) in [4.78, 5) is 10.1. The minimum absolute atomic E-state index is 0.165. The normalized spacial score (nSPS) is 11.9. The van der Waals surface area contributed by atoms with Crippen LogP contribution in [0.1, 0.15) is 23.9 Å². The van der Waals surface area contributed by atoms with E-state index in [9.17, 15) is 10.1 Å². The second kappa shape index (κ2) is 3.65. The molecule has 14 heavy (non-hydrogen) atoms. The maximum absolute atomic E-state index is 10.4. The molecule has 0 aliphatic heterocycles. The molecule has 76 valence electrons. The lowest BCUT2D eigenvalue weighted by molar-refractivity contribution is -0.422. The van der Waals surface area contributed by atoms with Gasteiger partial charge in [-0.25, -0.2) is 0 Å². The molecule has 4 nitrogen and oxygen atoms in total. The Morgan fingerprint density at radius 1 is 1.57 bits per heavy atom. The monoisotopic (exact) mass is 194 g/mol. The van der Waals surface area contributed by atoms with Crippen LogP contribution in [-0.4, -0.2) is 9.49 Å². The first kappa shape index (κ1) is 10.5. The Bertz CT molecular complexity index is 402. The highest BCUT2D eigenvalue weighted by atomic mass is 16.6. The van der Waals surface area contributed by atoms with Crippen LogP contribution in [0.5, 0.6) is 0 Å². The summed E-state index contributed by atoms with van der Waals surface area (Å²) in [6.07, 6.45) is 1.60. The van der Waals surface area contributed by atoms with Gasteiger partial charge < -0.3 is 4.57 Å². The highest BCUT2D eigenvalue weighted by molar-refractivity contribution is 5.54. The van der Waals surface area contributed by atoms with Crippen LogP contribution in [0, 0.1) is 24.0 Å². The van der Waals surface area contributed by atoms with Gasteiger partial charge in [-0.05, 0) is 19.9 Å². The lowest BCUT2D eigenvalue weighted by atomic mass is 10.2. The van der Waals surface area contributed by atoms with E-state index in [0.29, 0.717) is 0 Å². The third-order valence-electron chi connectivity index (χ3n) is 2.47. The lowest BCUT2D eigenvalue weighted by Gasteiger charge is -1.98. The van der Waals surface area contributed by atoms with Gasteiger partial charge in [-0.3, -0.25) is 10.1 Å². The van der Waals surface area contributed by atoms with Crippen LogP contribution in [0.4, 0.5) is 0 Å². The highest BCUT2D eigenvalue weighted by Gasteiger charge is 2.07. The van der Waals surface area contributed by atoms with Crippen LogP contribution in [0.15, 0.2) is 11.8 Å². The summed E-state index contributed by atoms with van der Waals surface area (Å²) in [5.41, 5.74) is 3.23. The number of nitro groups is 1. The van der Waals surface area contributed by atoms with Crippen LogP contribution in [-0.2, 0) is 7.05 Å². The first-order valence-corrected chi connectivity index (χ1v) is 4.39. The van der Waals surface area contributed by atoms with Crippen molar-refractivity contribution in [1.82, 2.24) is 4.57 Å². The van der Waals surface area contributed by atoms with Crippen molar-refractivity contribution in [2.75, 3.05) is 0 Å². The molecule has 0 aliphatic carbocycles. The largest absolute Gasteiger partial charge is 0.352 e. The van der Waals surface area contributed by atoms with Gasteiger partial charge in [0.1, 0.15) is 0 Å². The van der Waals surface area contributed by atoms with Gasteiger partial charge in [0, 0.05) is 37.0 Å². The molecule has 0 saturated carbocycles. The van der Waals surface area contributed by atoms with E-state index in [4.69, 9.17) is 0 Å². The second-order valence-corrected chi connectivity index (χ2v) is 3.43. The van der Waals surface area contributed by atoms with Crippen molar-refractivity contribution >= 4 is 6.08 Å². The number of allylic oxidation sites excluding steroid dienone is 1. The predicted molar refractivity (Wildman–Crippen MR) is 55.5 cm³/mol. The maximum Gasteiger partial charge on any atom is 0.243 e. The summed E-state index contributed by atoms with van der Waals surface area (Å²) in [6, 6.07) is 1.95. The first-order chi connectivity index (χ1) is 6.43. The minimum atomic E-state index is -0.373. The van der Waals surface area contributed by atoms with Gasteiger partial charge in [-0.15, -0.1) is 0 Å². The molecule has 0 amide bonds. The summed E-state index contributed by atoms with van der Waals surface area (Å²) in [5, 5.41) is 10.4. The average molecular weight is 194 g/mol. The zero-order valence-corrected chi connectivity index (χ0v) is 8.87. The Kier molecular flexibility index (Phi) is 2.74. The summed E-state index contributed by atoms with van der Waals surface area (Å²) >= 11 is 0. The fraction of sp³-hybridized carbons (Fsp3) is 0.400. The zero-order valence-electron chi connectivity index (χ0n) is 8.87. The number of hydrogen-bond donors (Lipinski definition) is 0. The van der Waals surface area contributed by atoms with E-state index < -0.39 is 0 Å². The van der Waals surface area contributed by atoms with Crippen LogP contribution >= 0.6 is 0 Å². The van der Waals surface area contributed by atoms with Crippen LogP contribution in [0.3, 0.4) is 0 Å². The Morgan fingerprint density at radius 3 is 2.50 bits per heavy atom. The molecule has 0 aliphatic rings. The Balaban J connectivity index is 3.16. The van der Waals surface area contributed by atoms with Crippen molar-refractivity contribution in [3.63, 3.8) is 0 Å². The molecule has 0 bridgehead atoms. The summed E-state index contributed by atoms with van der Waals surface area (Å²) in [5.74, 6) is 0. The van der Waals surface area contributed by atoms with E-state index in [2.05, 4.69) is 0 Å². The van der Waals surface area contributed by atoms with Crippen molar-refractivity contribution in [2.45, 2.75) is 20.8 Å². The van der Waals surface area contributed by atoms with Gasteiger partial charge in [0.05, 0.1) is 4.92 Å². The molecule has 0 radical (unpaired) electrons. The number of aryl methyl sites for hydroxylation is 1. The van der Waals surface area contributed by atoms with E-state index in [1.807, 2.05) is 31.5 Å². The molecule has 0 saturated heterocycles. The third kappa shape index (κ3) is 1.84. The molecule has 4 heteroatoms. The Labute approximate surface area is 83.0 Å². The van der Waals surface area contributed by atoms with Crippen molar-refractivity contribution < 1.29 is 4.92 Å². The van der Waals surface area contributed by atoms with Gasteiger partial charge in [-0.2, -0.15) is 0 Å². The van der Waals surface area contributed by atoms with Gasteiger partial charge in [-0.1, -0.05) is 0 Å². The van der Waals surface area contributed by atoms with Gasteiger partial charge in [0.25, 0.3) is 0 Å². The minimum Gasteiger partial charge on any atom is -0.352 e. The number of rotatable bonds is 2. The van der Waals surface area contributed by atoms with Crippen LogP contribution in [0.2, 0.25) is 0 Å². The summed E-state index contributed by atoms with van der Waals surface area (Å²) < 4.78 is 2.01. The summed E-state index contributed by atoms with van der Waals surface area (Å²) in [7, 11) is 1.95. The molecule has 1 rings (SSSR count). The van der Waals surface area contributed by atoms with Gasteiger partial charge >= 0.3 is 0 Å². The van der Waals surface area contributed by atoms with Crippen molar-refractivity contribution in [1.29, 1.82) is 0 Å². The number of aromatic nitrogens is 1. The quantitative estimate of drug-likeness (QED) is 0.535.